The second kappa shape index (κ2) is 8.95. The zero-order valence-corrected chi connectivity index (χ0v) is 18.7. The van der Waals surface area contributed by atoms with Gasteiger partial charge >= 0.3 is 6.03 Å². The van der Waals surface area contributed by atoms with E-state index in [-0.39, 0.29) is 24.5 Å². The number of carbonyl (C=O) groups is 3. The molecule has 4 N–H and O–H groups in total. The summed E-state index contributed by atoms with van der Waals surface area (Å²) in [5.74, 6) is -0.746. The molecule has 3 rings (SSSR count). The van der Waals surface area contributed by atoms with Crippen molar-refractivity contribution in [2.75, 3.05) is 38.4 Å². The number of Topliss-reactive ketones (excluding diaryl/α,β-unsaturated/α-hetero) is 2. The molecule has 2 atom stereocenters. The number of carbonyl (C=O) groups excluding carboxylic acids is 3. The van der Waals surface area contributed by atoms with Crippen molar-refractivity contribution < 1.29 is 19.6 Å². The van der Waals surface area contributed by atoms with Crippen molar-refractivity contribution in [3.63, 3.8) is 0 Å². The summed E-state index contributed by atoms with van der Waals surface area (Å²) < 4.78 is 0. The first-order chi connectivity index (χ1) is 14.3. The van der Waals surface area contributed by atoms with Gasteiger partial charge in [-0.1, -0.05) is 19.9 Å². The van der Waals surface area contributed by atoms with Crippen molar-refractivity contribution >= 4 is 35.0 Å². The summed E-state index contributed by atoms with van der Waals surface area (Å²) in [6.45, 7) is 5.15. The van der Waals surface area contributed by atoms with Crippen LogP contribution in [0.4, 0.5) is 10.5 Å². The fraction of sp³-hybridized carbons (Fsp3) is 0.571. The Kier molecular flexibility index (Phi) is 6.74. The van der Waals surface area contributed by atoms with Gasteiger partial charge in [0.25, 0.3) is 0 Å². The molecule has 1 saturated carbocycles. The highest BCUT2D eigenvalue weighted by molar-refractivity contribution is 7.98. The lowest BCUT2D eigenvalue weighted by Crippen LogP contribution is -2.69. The topological polar surface area (TPSA) is 111 Å². The summed E-state index contributed by atoms with van der Waals surface area (Å²) in [5.41, 5.74) is 3.13. The van der Waals surface area contributed by atoms with Crippen LogP contribution in [0, 0.1) is 5.92 Å². The van der Waals surface area contributed by atoms with Gasteiger partial charge in [-0.2, -0.15) is 0 Å². The first-order valence-electron chi connectivity index (χ1n) is 10.2. The Morgan fingerprint density at radius 1 is 1.40 bits per heavy atom. The summed E-state index contributed by atoms with van der Waals surface area (Å²) in [6.07, 6.45) is 2.70. The van der Waals surface area contributed by atoms with E-state index in [1.165, 1.54) is 23.7 Å². The molecule has 30 heavy (non-hydrogen) atoms. The molecule has 164 valence electrons. The number of urea groups is 1. The quantitative estimate of drug-likeness (QED) is 0.319. The minimum atomic E-state index is -1.47. The molecule has 0 bridgehead atoms. The third kappa shape index (κ3) is 3.59. The van der Waals surface area contributed by atoms with Gasteiger partial charge in [0.05, 0.1) is 11.6 Å². The Balaban J connectivity index is 2.11. The summed E-state index contributed by atoms with van der Waals surface area (Å²) in [5, 5.41) is 15.2. The van der Waals surface area contributed by atoms with Crippen molar-refractivity contribution in [2.45, 2.75) is 43.0 Å². The molecule has 2 aliphatic rings. The van der Waals surface area contributed by atoms with E-state index in [4.69, 9.17) is 0 Å². The molecule has 0 aromatic heterocycles. The average molecular weight is 435 g/mol. The lowest BCUT2D eigenvalue weighted by Gasteiger charge is -2.42. The van der Waals surface area contributed by atoms with Gasteiger partial charge in [0.15, 0.2) is 17.1 Å². The fourth-order valence-corrected chi connectivity index (χ4v) is 5.44. The van der Waals surface area contributed by atoms with E-state index >= 15 is 0 Å². The van der Waals surface area contributed by atoms with Gasteiger partial charge in [-0.25, -0.2) is 4.79 Å². The van der Waals surface area contributed by atoms with Crippen LogP contribution < -0.4 is 16.1 Å². The van der Waals surface area contributed by atoms with Gasteiger partial charge in [0.2, 0.25) is 0 Å². The Hall–Kier alpha value is -2.10. The van der Waals surface area contributed by atoms with Gasteiger partial charge in [0, 0.05) is 38.0 Å². The van der Waals surface area contributed by atoms with Gasteiger partial charge in [-0.05, 0) is 35.8 Å². The van der Waals surface area contributed by atoms with Crippen molar-refractivity contribution in [1.82, 2.24) is 15.5 Å². The van der Waals surface area contributed by atoms with Crippen molar-refractivity contribution in [2.24, 2.45) is 5.92 Å². The highest BCUT2D eigenvalue weighted by Gasteiger charge is 2.60. The van der Waals surface area contributed by atoms with Crippen LogP contribution in [0.15, 0.2) is 17.0 Å². The second-order valence-corrected chi connectivity index (χ2v) is 9.03. The normalized spacial score (nSPS) is 24.1. The first kappa shape index (κ1) is 22.6. The number of nitrogens with zero attached hydrogens (tertiary/aromatic N) is 1. The second-order valence-electron chi connectivity index (χ2n) is 8.21. The molecule has 1 aliphatic carbocycles. The van der Waals surface area contributed by atoms with E-state index < -0.39 is 17.5 Å². The standard InChI is InChI=1S/C21H30N4O4S/c1-12(2)9-14-13(5-6-16(24-29)18(14)30-4)15-10-17(26)21(19(15)27)11-23-7-8-25(21)20(28)22-3/h5-6,12,15,23-24,29H,7-11H2,1-4H3,(H,22,28)/t15-,21+/m1/s1. The van der Waals surface area contributed by atoms with E-state index in [0.29, 0.717) is 31.1 Å². The van der Waals surface area contributed by atoms with Crippen LogP contribution >= 0.6 is 11.8 Å². The Labute approximate surface area is 181 Å². The molecule has 0 unspecified atom stereocenters. The SMILES string of the molecule is CNC(=O)N1CCNC[C@@]12C(=O)C[C@H](c1ccc(NO)c(SC)c1CC(C)C)C2=O. The van der Waals surface area contributed by atoms with Gasteiger partial charge in [-0.15, -0.1) is 11.8 Å². The number of piperazine rings is 1. The molecule has 1 aromatic rings. The number of rotatable bonds is 5. The molecule has 1 saturated heterocycles. The maximum absolute atomic E-state index is 13.8. The predicted octanol–water partition coefficient (Wildman–Crippen LogP) is 2.02. The van der Waals surface area contributed by atoms with Gasteiger partial charge in [-0.3, -0.25) is 20.3 Å². The predicted molar refractivity (Wildman–Crippen MR) is 116 cm³/mol. The van der Waals surface area contributed by atoms with E-state index in [2.05, 4.69) is 30.0 Å². The van der Waals surface area contributed by atoms with E-state index in [1.54, 1.807) is 6.07 Å². The number of thioether (sulfide) groups is 1. The van der Waals surface area contributed by atoms with Crippen molar-refractivity contribution in [3.05, 3.63) is 23.3 Å². The maximum Gasteiger partial charge on any atom is 0.318 e. The Morgan fingerprint density at radius 2 is 2.13 bits per heavy atom. The summed E-state index contributed by atoms with van der Waals surface area (Å²) in [7, 11) is 1.51. The molecule has 8 nitrogen and oxygen atoms in total. The Bertz CT molecular complexity index is 860. The highest BCUT2D eigenvalue weighted by Crippen LogP contribution is 2.44. The lowest BCUT2D eigenvalue weighted by atomic mass is 9.84. The number of hydrogen-bond donors (Lipinski definition) is 4. The molecular formula is C21H30N4O4S. The molecule has 1 aromatic carbocycles. The molecule has 2 fully saturated rings. The number of anilines is 1. The minimum Gasteiger partial charge on any atom is -0.341 e. The van der Waals surface area contributed by atoms with Crippen LogP contribution in [0.3, 0.4) is 0 Å². The summed E-state index contributed by atoms with van der Waals surface area (Å²) in [4.78, 5) is 41.8. The van der Waals surface area contributed by atoms with E-state index in [0.717, 1.165) is 16.0 Å². The molecular weight excluding hydrogens is 404 g/mol. The maximum atomic E-state index is 13.8. The zero-order valence-electron chi connectivity index (χ0n) is 17.9. The third-order valence-electron chi connectivity index (χ3n) is 6.00. The Morgan fingerprint density at radius 3 is 2.73 bits per heavy atom. The van der Waals surface area contributed by atoms with Crippen molar-refractivity contribution in [3.8, 4) is 0 Å². The van der Waals surface area contributed by atoms with Crippen LogP contribution in [0.25, 0.3) is 0 Å². The first-order valence-corrected chi connectivity index (χ1v) is 11.4. The zero-order chi connectivity index (χ0) is 22.1. The molecule has 0 radical (unpaired) electrons. The molecule has 1 spiro atoms. The number of nitrogens with one attached hydrogen (secondary N) is 3. The van der Waals surface area contributed by atoms with Crippen LogP contribution in [-0.4, -0.2) is 66.2 Å². The fourth-order valence-electron chi connectivity index (χ4n) is 4.66. The third-order valence-corrected chi connectivity index (χ3v) is 6.87. The van der Waals surface area contributed by atoms with Gasteiger partial charge in [0.1, 0.15) is 0 Å². The average Bonchev–Trinajstić information content (AvgIpc) is 2.98. The lowest BCUT2D eigenvalue weighted by molar-refractivity contribution is -0.137. The van der Waals surface area contributed by atoms with E-state index in [9.17, 15) is 19.6 Å². The summed E-state index contributed by atoms with van der Waals surface area (Å²) >= 11 is 1.49. The molecule has 1 heterocycles. The molecule has 2 amide bonds. The number of benzene rings is 1. The number of amides is 2. The minimum absolute atomic E-state index is 0.0683. The van der Waals surface area contributed by atoms with Crippen LogP contribution in [0.1, 0.15) is 37.3 Å². The highest BCUT2D eigenvalue weighted by atomic mass is 32.2. The smallest absolute Gasteiger partial charge is 0.318 e. The monoisotopic (exact) mass is 434 g/mol. The van der Waals surface area contributed by atoms with Crippen molar-refractivity contribution in [1.29, 1.82) is 0 Å². The van der Waals surface area contributed by atoms with Crippen LogP contribution in [0.5, 0.6) is 0 Å². The largest absolute Gasteiger partial charge is 0.341 e. The number of ketones is 2. The molecule has 9 heteroatoms. The number of hydrogen-bond acceptors (Lipinski definition) is 7. The van der Waals surface area contributed by atoms with Crippen LogP contribution in [0.2, 0.25) is 0 Å². The summed E-state index contributed by atoms with van der Waals surface area (Å²) in [6, 6.07) is 3.15. The van der Waals surface area contributed by atoms with Gasteiger partial charge < -0.3 is 15.5 Å². The van der Waals surface area contributed by atoms with Crippen LogP contribution in [-0.2, 0) is 16.0 Å². The molecule has 1 aliphatic heterocycles. The van der Waals surface area contributed by atoms with E-state index in [1.807, 2.05) is 12.3 Å².